The smallest absolute Gasteiger partial charge is 0.118 e. The molecule has 0 atom stereocenters. The molecule has 1 N–H and O–H groups in total. The average molecular weight is 220 g/mol. The Bertz CT molecular complexity index is 453. The molecule has 4 heteroatoms. The van der Waals surface area contributed by atoms with Gasteiger partial charge in [-0.15, -0.1) is 11.8 Å². The van der Waals surface area contributed by atoms with Crippen LogP contribution in [0.15, 0.2) is 41.6 Å². The van der Waals surface area contributed by atoms with Gasteiger partial charge >= 0.3 is 0 Å². The number of rotatable bonds is 3. The van der Waals surface area contributed by atoms with Crippen LogP contribution in [0.5, 0.6) is 5.75 Å². The minimum atomic E-state index is 0.305. The van der Waals surface area contributed by atoms with Crippen LogP contribution < -0.4 is 0 Å². The van der Waals surface area contributed by atoms with Crippen molar-refractivity contribution >= 4 is 11.8 Å². The Labute approximate surface area is 92.8 Å². The van der Waals surface area contributed by atoms with Crippen molar-refractivity contribution in [3.05, 3.63) is 42.5 Å². The third kappa shape index (κ3) is 2.53. The maximum atomic E-state index is 9.29. The van der Waals surface area contributed by atoms with E-state index < -0.39 is 0 Å². The number of hydrogen-bond donors (Lipinski definition) is 1. The fourth-order valence-corrected chi connectivity index (χ4v) is 2.21. The minimum Gasteiger partial charge on any atom is -0.508 e. The van der Waals surface area contributed by atoms with Gasteiger partial charge in [0.2, 0.25) is 0 Å². The van der Waals surface area contributed by atoms with E-state index >= 15 is 0 Å². The van der Waals surface area contributed by atoms with Crippen LogP contribution in [0, 0.1) is 0 Å². The molecule has 0 aliphatic heterocycles. The van der Waals surface area contributed by atoms with Gasteiger partial charge < -0.3 is 9.67 Å². The van der Waals surface area contributed by atoms with Crippen LogP contribution >= 0.6 is 11.8 Å². The van der Waals surface area contributed by atoms with Crippen LogP contribution in [0.2, 0.25) is 0 Å². The molecule has 2 aromatic rings. The number of phenols is 1. The molecule has 0 aliphatic rings. The predicted octanol–water partition coefficient (Wildman–Crippen LogP) is 2.42. The Balaban J connectivity index is 2.02. The van der Waals surface area contributed by atoms with E-state index in [0.717, 1.165) is 16.5 Å². The summed E-state index contributed by atoms with van der Waals surface area (Å²) < 4.78 is 2.00. The molecule has 0 saturated heterocycles. The fraction of sp³-hybridized carbons (Fsp3) is 0.182. The second-order valence-electron chi connectivity index (χ2n) is 3.24. The molecular formula is C11H12N2OS. The third-order valence-corrected chi connectivity index (χ3v) is 3.10. The van der Waals surface area contributed by atoms with E-state index in [0.29, 0.717) is 5.75 Å². The third-order valence-electron chi connectivity index (χ3n) is 2.11. The standard InChI is InChI=1S/C11H12N2OS/c1-13-6-5-12-11(13)8-15-10-4-2-3-9(14)7-10/h2-7,14H,8H2,1H3. The molecule has 0 spiro atoms. The summed E-state index contributed by atoms with van der Waals surface area (Å²) in [4.78, 5) is 5.29. The maximum absolute atomic E-state index is 9.29. The molecule has 0 fully saturated rings. The van der Waals surface area contributed by atoms with Gasteiger partial charge in [-0.3, -0.25) is 0 Å². The molecule has 1 aromatic heterocycles. The number of imidazole rings is 1. The van der Waals surface area contributed by atoms with Crippen molar-refractivity contribution in [3.8, 4) is 5.75 Å². The lowest BCUT2D eigenvalue weighted by Gasteiger charge is -2.02. The van der Waals surface area contributed by atoms with Crippen molar-refractivity contribution in [2.45, 2.75) is 10.6 Å². The quantitative estimate of drug-likeness (QED) is 0.807. The van der Waals surface area contributed by atoms with Crippen molar-refractivity contribution < 1.29 is 5.11 Å². The summed E-state index contributed by atoms with van der Waals surface area (Å²) in [6.45, 7) is 0. The van der Waals surface area contributed by atoms with Crippen LogP contribution in [0.3, 0.4) is 0 Å². The van der Waals surface area contributed by atoms with Crippen LogP contribution in [0.25, 0.3) is 0 Å². The summed E-state index contributed by atoms with van der Waals surface area (Å²) in [7, 11) is 1.98. The highest BCUT2D eigenvalue weighted by molar-refractivity contribution is 7.98. The molecule has 1 heterocycles. The highest BCUT2D eigenvalue weighted by atomic mass is 32.2. The first kappa shape index (κ1) is 10.1. The Morgan fingerprint density at radius 1 is 1.47 bits per heavy atom. The summed E-state index contributed by atoms with van der Waals surface area (Å²) in [6.07, 6.45) is 3.72. The van der Waals surface area contributed by atoms with Crippen molar-refractivity contribution in [1.29, 1.82) is 0 Å². The van der Waals surface area contributed by atoms with Crippen LogP contribution in [-0.4, -0.2) is 14.7 Å². The van der Waals surface area contributed by atoms with Gasteiger partial charge in [0.1, 0.15) is 11.6 Å². The lowest BCUT2D eigenvalue weighted by atomic mass is 10.3. The Morgan fingerprint density at radius 2 is 2.33 bits per heavy atom. The van der Waals surface area contributed by atoms with Gasteiger partial charge in [0.25, 0.3) is 0 Å². The second kappa shape index (κ2) is 4.40. The zero-order valence-electron chi connectivity index (χ0n) is 8.42. The first-order valence-electron chi connectivity index (χ1n) is 4.64. The molecule has 78 valence electrons. The number of aromatic hydroxyl groups is 1. The number of hydrogen-bond acceptors (Lipinski definition) is 3. The number of phenolic OH excluding ortho intramolecular Hbond substituents is 1. The molecule has 0 amide bonds. The number of aromatic nitrogens is 2. The van der Waals surface area contributed by atoms with Crippen molar-refractivity contribution in [3.63, 3.8) is 0 Å². The van der Waals surface area contributed by atoms with Crippen LogP contribution in [0.4, 0.5) is 0 Å². The van der Waals surface area contributed by atoms with E-state index in [9.17, 15) is 5.11 Å². The molecule has 2 rings (SSSR count). The predicted molar refractivity (Wildman–Crippen MR) is 60.9 cm³/mol. The first-order chi connectivity index (χ1) is 7.25. The molecule has 3 nitrogen and oxygen atoms in total. The Kier molecular flexibility index (Phi) is 2.97. The first-order valence-corrected chi connectivity index (χ1v) is 5.62. The summed E-state index contributed by atoms with van der Waals surface area (Å²) in [5.74, 6) is 2.15. The topological polar surface area (TPSA) is 38.0 Å². The second-order valence-corrected chi connectivity index (χ2v) is 4.29. The van der Waals surface area contributed by atoms with Gasteiger partial charge in [0, 0.05) is 24.3 Å². The monoisotopic (exact) mass is 220 g/mol. The summed E-state index contributed by atoms with van der Waals surface area (Å²) in [5.41, 5.74) is 0. The average Bonchev–Trinajstić information content (AvgIpc) is 2.61. The van der Waals surface area contributed by atoms with Gasteiger partial charge in [-0.1, -0.05) is 6.07 Å². The SMILES string of the molecule is Cn1ccnc1CSc1cccc(O)c1. The number of nitrogens with zero attached hydrogens (tertiary/aromatic N) is 2. The van der Waals surface area contributed by atoms with Gasteiger partial charge in [0.15, 0.2) is 0 Å². The number of benzene rings is 1. The van der Waals surface area contributed by atoms with Crippen molar-refractivity contribution in [1.82, 2.24) is 9.55 Å². The van der Waals surface area contributed by atoms with E-state index in [-0.39, 0.29) is 0 Å². The minimum absolute atomic E-state index is 0.305. The number of aryl methyl sites for hydroxylation is 1. The van der Waals surface area contributed by atoms with Gasteiger partial charge in [-0.05, 0) is 18.2 Å². The lowest BCUT2D eigenvalue weighted by molar-refractivity contribution is 0.474. The Morgan fingerprint density at radius 3 is 3.00 bits per heavy atom. The molecule has 0 radical (unpaired) electrons. The normalized spacial score (nSPS) is 10.5. The molecule has 0 saturated carbocycles. The zero-order chi connectivity index (χ0) is 10.7. The Hall–Kier alpha value is -1.42. The van der Waals surface area contributed by atoms with Crippen LogP contribution in [-0.2, 0) is 12.8 Å². The summed E-state index contributed by atoms with van der Waals surface area (Å²) in [6, 6.07) is 7.25. The van der Waals surface area contributed by atoms with Gasteiger partial charge in [-0.2, -0.15) is 0 Å². The van der Waals surface area contributed by atoms with E-state index in [1.54, 1.807) is 30.1 Å². The molecular weight excluding hydrogens is 208 g/mol. The van der Waals surface area contributed by atoms with E-state index in [1.165, 1.54) is 0 Å². The largest absolute Gasteiger partial charge is 0.508 e. The highest BCUT2D eigenvalue weighted by Crippen LogP contribution is 2.24. The van der Waals surface area contributed by atoms with Gasteiger partial charge in [0.05, 0.1) is 5.75 Å². The molecule has 0 aliphatic carbocycles. The molecule has 0 bridgehead atoms. The van der Waals surface area contributed by atoms with E-state index in [1.807, 2.05) is 29.9 Å². The van der Waals surface area contributed by atoms with Gasteiger partial charge in [-0.25, -0.2) is 4.98 Å². The lowest BCUT2D eigenvalue weighted by Crippen LogP contribution is -1.94. The maximum Gasteiger partial charge on any atom is 0.118 e. The van der Waals surface area contributed by atoms with Crippen LogP contribution in [0.1, 0.15) is 5.82 Å². The van der Waals surface area contributed by atoms with Crippen molar-refractivity contribution in [2.24, 2.45) is 7.05 Å². The van der Waals surface area contributed by atoms with E-state index in [2.05, 4.69) is 4.98 Å². The van der Waals surface area contributed by atoms with Crippen molar-refractivity contribution in [2.75, 3.05) is 0 Å². The number of thioether (sulfide) groups is 1. The molecule has 15 heavy (non-hydrogen) atoms. The van der Waals surface area contributed by atoms with E-state index in [4.69, 9.17) is 0 Å². The molecule has 0 unspecified atom stereocenters. The zero-order valence-corrected chi connectivity index (χ0v) is 9.24. The summed E-state index contributed by atoms with van der Waals surface area (Å²) in [5, 5.41) is 9.29. The molecule has 1 aromatic carbocycles. The fourth-order valence-electron chi connectivity index (χ4n) is 1.26. The highest BCUT2D eigenvalue weighted by Gasteiger charge is 2.01. The summed E-state index contributed by atoms with van der Waals surface area (Å²) >= 11 is 1.66.